The molecule has 0 aromatic heterocycles. The summed E-state index contributed by atoms with van der Waals surface area (Å²) in [6.07, 6.45) is -0.760. The van der Waals surface area contributed by atoms with Crippen molar-refractivity contribution in [3.63, 3.8) is 0 Å². The topological polar surface area (TPSA) is 95.5 Å². The van der Waals surface area contributed by atoms with Crippen LogP contribution in [-0.2, 0) is 16.0 Å². The van der Waals surface area contributed by atoms with Gasteiger partial charge in [-0.3, -0.25) is 10.3 Å². The van der Waals surface area contributed by atoms with Crippen LogP contribution >= 0.6 is 24.0 Å². The van der Waals surface area contributed by atoms with E-state index in [4.69, 9.17) is 4.74 Å². The molecule has 0 unspecified atom stereocenters. The standard InChI is InChI=1S/C18H27N5O4.HI/c1-4-27-18(25)23-11-9-22(10-12-23)16(19-2)20-13-14-5-7-15(8-6-14)21-17(24)26-3;/h5-8H,4,9-13H2,1-3H3,(H,19,20)(H,21,24);1H. The van der Waals surface area contributed by atoms with Crippen molar-refractivity contribution in [1.82, 2.24) is 15.1 Å². The number of rotatable bonds is 4. The Morgan fingerprint density at radius 2 is 1.71 bits per heavy atom. The molecule has 9 nitrogen and oxygen atoms in total. The largest absolute Gasteiger partial charge is 0.453 e. The van der Waals surface area contributed by atoms with Gasteiger partial charge >= 0.3 is 12.2 Å². The zero-order valence-electron chi connectivity index (χ0n) is 16.4. The van der Waals surface area contributed by atoms with E-state index in [-0.39, 0.29) is 30.1 Å². The third-order valence-electron chi connectivity index (χ3n) is 4.15. The number of benzene rings is 1. The van der Waals surface area contributed by atoms with Gasteiger partial charge in [-0.15, -0.1) is 24.0 Å². The highest BCUT2D eigenvalue weighted by Gasteiger charge is 2.23. The molecular weight excluding hydrogens is 477 g/mol. The van der Waals surface area contributed by atoms with Gasteiger partial charge in [0.25, 0.3) is 0 Å². The second-order valence-electron chi connectivity index (χ2n) is 5.89. The van der Waals surface area contributed by atoms with Gasteiger partial charge in [0.2, 0.25) is 0 Å². The molecule has 2 amide bonds. The van der Waals surface area contributed by atoms with Gasteiger partial charge in [-0.1, -0.05) is 12.1 Å². The van der Waals surface area contributed by atoms with Crippen molar-refractivity contribution in [3.05, 3.63) is 29.8 Å². The minimum atomic E-state index is -0.497. The lowest BCUT2D eigenvalue weighted by atomic mass is 10.2. The van der Waals surface area contributed by atoms with E-state index in [9.17, 15) is 9.59 Å². The lowest BCUT2D eigenvalue weighted by Gasteiger charge is -2.35. The zero-order valence-corrected chi connectivity index (χ0v) is 18.8. The molecule has 0 radical (unpaired) electrons. The summed E-state index contributed by atoms with van der Waals surface area (Å²) >= 11 is 0. The van der Waals surface area contributed by atoms with E-state index in [1.54, 1.807) is 18.9 Å². The van der Waals surface area contributed by atoms with Crippen LogP contribution < -0.4 is 10.6 Å². The number of carbonyl (C=O) groups excluding carboxylic acids is 2. The van der Waals surface area contributed by atoms with E-state index >= 15 is 0 Å². The summed E-state index contributed by atoms with van der Waals surface area (Å²) in [4.78, 5) is 31.1. The number of methoxy groups -OCH3 is 1. The first kappa shape index (κ1) is 23.8. The summed E-state index contributed by atoms with van der Waals surface area (Å²) in [5, 5.41) is 5.94. The third kappa shape index (κ3) is 7.06. The second-order valence-corrected chi connectivity index (χ2v) is 5.89. The lowest BCUT2D eigenvalue weighted by Crippen LogP contribution is -2.53. The number of nitrogens with one attached hydrogen (secondary N) is 2. The second kappa shape index (κ2) is 12.3. The Morgan fingerprint density at radius 1 is 1.11 bits per heavy atom. The van der Waals surface area contributed by atoms with Gasteiger partial charge in [-0.05, 0) is 24.6 Å². The molecule has 1 heterocycles. The maximum Gasteiger partial charge on any atom is 0.411 e. The highest BCUT2D eigenvalue weighted by atomic mass is 127. The average Bonchev–Trinajstić information content (AvgIpc) is 2.70. The van der Waals surface area contributed by atoms with Crippen LogP contribution in [0.4, 0.5) is 15.3 Å². The van der Waals surface area contributed by atoms with Crippen LogP contribution in [0.15, 0.2) is 29.3 Å². The molecule has 1 fully saturated rings. The number of hydrogen-bond donors (Lipinski definition) is 2. The van der Waals surface area contributed by atoms with E-state index in [0.29, 0.717) is 45.0 Å². The first-order valence-electron chi connectivity index (χ1n) is 8.88. The van der Waals surface area contributed by atoms with Crippen molar-refractivity contribution >= 4 is 47.8 Å². The van der Waals surface area contributed by atoms with Crippen molar-refractivity contribution in [2.24, 2.45) is 4.99 Å². The maximum atomic E-state index is 11.8. The van der Waals surface area contributed by atoms with Gasteiger partial charge in [-0.25, -0.2) is 9.59 Å². The molecule has 1 aliphatic rings. The number of hydrogen-bond acceptors (Lipinski definition) is 5. The van der Waals surface area contributed by atoms with Gasteiger partial charge in [0.1, 0.15) is 0 Å². The fraction of sp³-hybridized carbons (Fsp3) is 0.500. The average molecular weight is 505 g/mol. The number of anilines is 1. The molecule has 1 saturated heterocycles. The minimum absolute atomic E-state index is 0. The van der Waals surface area contributed by atoms with Crippen molar-refractivity contribution in [2.45, 2.75) is 13.5 Å². The Labute approximate surface area is 182 Å². The number of amides is 2. The van der Waals surface area contributed by atoms with Crippen LogP contribution in [-0.4, -0.2) is 74.9 Å². The molecule has 2 N–H and O–H groups in total. The maximum absolute atomic E-state index is 11.8. The predicted octanol–water partition coefficient (Wildman–Crippen LogP) is 2.33. The summed E-state index contributed by atoms with van der Waals surface area (Å²) in [5.41, 5.74) is 1.72. The quantitative estimate of drug-likeness (QED) is 0.371. The molecule has 28 heavy (non-hydrogen) atoms. The Bertz CT molecular complexity index is 660. The molecule has 0 saturated carbocycles. The van der Waals surface area contributed by atoms with Crippen LogP contribution in [0.25, 0.3) is 0 Å². The van der Waals surface area contributed by atoms with Gasteiger partial charge in [0.05, 0.1) is 13.7 Å². The zero-order chi connectivity index (χ0) is 19.6. The van der Waals surface area contributed by atoms with Crippen LogP contribution in [0.2, 0.25) is 0 Å². The Balaban J connectivity index is 0.00000392. The number of guanidine groups is 1. The van der Waals surface area contributed by atoms with Crippen molar-refractivity contribution in [1.29, 1.82) is 0 Å². The Morgan fingerprint density at radius 3 is 2.25 bits per heavy atom. The number of nitrogens with zero attached hydrogens (tertiary/aromatic N) is 3. The lowest BCUT2D eigenvalue weighted by molar-refractivity contribution is 0.0914. The number of halogens is 1. The molecule has 0 aliphatic carbocycles. The Hall–Kier alpha value is -2.24. The summed E-state index contributed by atoms with van der Waals surface area (Å²) in [6, 6.07) is 7.47. The smallest absolute Gasteiger partial charge is 0.411 e. The van der Waals surface area contributed by atoms with Gasteiger partial charge in [-0.2, -0.15) is 0 Å². The van der Waals surface area contributed by atoms with E-state index in [0.717, 1.165) is 11.5 Å². The van der Waals surface area contributed by atoms with E-state index in [1.807, 2.05) is 24.3 Å². The molecule has 1 aromatic rings. The fourth-order valence-electron chi connectivity index (χ4n) is 2.70. The summed E-state index contributed by atoms with van der Waals surface area (Å²) in [6.45, 7) is 5.39. The van der Waals surface area contributed by atoms with Crippen LogP contribution in [0.5, 0.6) is 0 Å². The molecule has 1 aromatic carbocycles. The summed E-state index contributed by atoms with van der Waals surface area (Å²) < 4.78 is 9.60. The highest BCUT2D eigenvalue weighted by Crippen LogP contribution is 2.10. The first-order valence-corrected chi connectivity index (χ1v) is 8.88. The van der Waals surface area contributed by atoms with Crippen LogP contribution in [0.1, 0.15) is 12.5 Å². The molecule has 10 heteroatoms. The molecule has 0 bridgehead atoms. The van der Waals surface area contributed by atoms with Crippen LogP contribution in [0, 0.1) is 0 Å². The van der Waals surface area contributed by atoms with Gasteiger partial charge in [0.15, 0.2) is 5.96 Å². The monoisotopic (exact) mass is 505 g/mol. The molecule has 0 spiro atoms. The number of piperazine rings is 1. The number of aliphatic imine (C=N–C) groups is 1. The van der Waals surface area contributed by atoms with E-state index in [2.05, 4.69) is 25.3 Å². The highest BCUT2D eigenvalue weighted by molar-refractivity contribution is 14.0. The van der Waals surface area contributed by atoms with Crippen molar-refractivity contribution < 1.29 is 19.1 Å². The summed E-state index contributed by atoms with van der Waals surface area (Å²) in [5.74, 6) is 0.787. The Kier molecular flexibility index (Phi) is 10.4. The minimum Gasteiger partial charge on any atom is -0.453 e. The normalized spacial score (nSPS) is 14.0. The van der Waals surface area contributed by atoms with E-state index in [1.165, 1.54) is 7.11 Å². The number of carbonyl (C=O) groups is 2. The van der Waals surface area contributed by atoms with Crippen molar-refractivity contribution in [3.8, 4) is 0 Å². The third-order valence-corrected chi connectivity index (χ3v) is 4.15. The molecule has 1 aliphatic heterocycles. The van der Waals surface area contributed by atoms with Gasteiger partial charge in [0, 0.05) is 45.5 Å². The van der Waals surface area contributed by atoms with Gasteiger partial charge < -0.3 is 24.6 Å². The molecule has 2 rings (SSSR count). The number of ether oxygens (including phenoxy) is 2. The molecule has 0 atom stereocenters. The fourth-order valence-corrected chi connectivity index (χ4v) is 2.70. The van der Waals surface area contributed by atoms with E-state index < -0.39 is 6.09 Å². The molecule has 156 valence electrons. The predicted molar refractivity (Wildman–Crippen MR) is 118 cm³/mol. The summed E-state index contributed by atoms with van der Waals surface area (Å²) in [7, 11) is 3.06. The SMILES string of the molecule is CCOC(=O)N1CCN(C(=NC)NCc2ccc(NC(=O)OC)cc2)CC1.I. The van der Waals surface area contributed by atoms with Crippen molar-refractivity contribution in [2.75, 3.05) is 52.3 Å². The van der Waals surface area contributed by atoms with Crippen LogP contribution in [0.3, 0.4) is 0 Å². The molecular formula is C18H28IN5O4. The first-order chi connectivity index (χ1) is 13.1.